The SMILES string of the molecule is CC(CCCN=O)CN=O. The molecule has 4 nitrogen and oxygen atoms in total. The molecule has 0 aliphatic heterocycles. The van der Waals surface area contributed by atoms with E-state index in [1.165, 1.54) is 0 Å². The minimum Gasteiger partial charge on any atom is -0.151 e. The molecule has 0 N–H and O–H groups in total. The Morgan fingerprint density at radius 2 is 2.00 bits per heavy atom. The first-order chi connectivity index (χ1) is 4.81. The summed E-state index contributed by atoms with van der Waals surface area (Å²) in [6.07, 6.45) is 1.62. The number of nitrogens with zero attached hydrogens (tertiary/aromatic N) is 2. The van der Waals surface area contributed by atoms with Gasteiger partial charge in [-0.1, -0.05) is 17.3 Å². The van der Waals surface area contributed by atoms with Crippen molar-refractivity contribution in [1.82, 2.24) is 0 Å². The van der Waals surface area contributed by atoms with Crippen LogP contribution < -0.4 is 0 Å². The quantitative estimate of drug-likeness (QED) is 0.422. The van der Waals surface area contributed by atoms with Crippen LogP contribution in [0.3, 0.4) is 0 Å². The molecule has 0 radical (unpaired) electrons. The summed E-state index contributed by atoms with van der Waals surface area (Å²) in [5.74, 6) is 0.291. The molecule has 0 heterocycles. The van der Waals surface area contributed by atoms with Crippen molar-refractivity contribution in [2.75, 3.05) is 13.1 Å². The van der Waals surface area contributed by atoms with E-state index in [1.807, 2.05) is 6.92 Å². The molecular weight excluding hydrogens is 132 g/mol. The molecule has 0 fully saturated rings. The van der Waals surface area contributed by atoms with Crippen LogP contribution in [0.4, 0.5) is 0 Å². The smallest absolute Gasteiger partial charge is 0.0836 e. The fourth-order valence-corrected chi connectivity index (χ4v) is 0.723. The molecule has 0 aromatic heterocycles. The molecule has 0 aliphatic carbocycles. The third-order valence-electron chi connectivity index (χ3n) is 1.33. The van der Waals surface area contributed by atoms with E-state index in [1.54, 1.807) is 0 Å². The van der Waals surface area contributed by atoms with Gasteiger partial charge >= 0.3 is 0 Å². The molecule has 0 aliphatic rings. The van der Waals surface area contributed by atoms with E-state index >= 15 is 0 Å². The van der Waals surface area contributed by atoms with E-state index in [0.29, 0.717) is 19.0 Å². The maximum atomic E-state index is 9.71. The molecule has 0 aromatic carbocycles. The molecule has 0 saturated carbocycles. The summed E-state index contributed by atoms with van der Waals surface area (Å²) in [5.41, 5.74) is 0. The zero-order valence-electron chi connectivity index (χ0n) is 6.12. The highest BCUT2D eigenvalue weighted by molar-refractivity contribution is 4.56. The van der Waals surface area contributed by atoms with Crippen molar-refractivity contribution in [3.8, 4) is 0 Å². The molecule has 0 amide bonds. The van der Waals surface area contributed by atoms with Crippen LogP contribution in [0.5, 0.6) is 0 Å². The Balaban J connectivity index is 3.11. The Morgan fingerprint density at radius 3 is 2.50 bits per heavy atom. The largest absolute Gasteiger partial charge is 0.151 e. The highest BCUT2D eigenvalue weighted by atomic mass is 16.3. The third kappa shape index (κ3) is 5.34. The summed E-state index contributed by atoms with van der Waals surface area (Å²) < 4.78 is 0. The summed E-state index contributed by atoms with van der Waals surface area (Å²) in [5, 5.41) is 5.46. The predicted molar refractivity (Wildman–Crippen MR) is 39.7 cm³/mol. The van der Waals surface area contributed by atoms with Crippen molar-refractivity contribution in [1.29, 1.82) is 0 Å². The van der Waals surface area contributed by atoms with E-state index in [0.717, 1.165) is 12.8 Å². The average Bonchev–Trinajstić information content (AvgIpc) is 1.89. The molecule has 1 atom stereocenters. The van der Waals surface area contributed by atoms with Crippen LogP contribution in [-0.4, -0.2) is 13.1 Å². The molecule has 1 unspecified atom stereocenters. The Labute approximate surface area is 60.0 Å². The van der Waals surface area contributed by atoms with Crippen LogP contribution in [0, 0.1) is 15.7 Å². The lowest BCUT2D eigenvalue weighted by Crippen LogP contribution is -1.98. The zero-order chi connectivity index (χ0) is 7.82. The van der Waals surface area contributed by atoms with Crippen molar-refractivity contribution in [3.63, 3.8) is 0 Å². The van der Waals surface area contributed by atoms with E-state index in [9.17, 15) is 9.81 Å². The molecule has 0 rings (SSSR count). The second-order valence-electron chi connectivity index (χ2n) is 2.41. The maximum absolute atomic E-state index is 9.71. The maximum Gasteiger partial charge on any atom is 0.0836 e. The van der Waals surface area contributed by atoms with Gasteiger partial charge in [-0.2, -0.15) is 9.81 Å². The molecule has 58 valence electrons. The fourth-order valence-electron chi connectivity index (χ4n) is 0.723. The van der Waals surface area contributed by atoms with Crippen LogP contribution in [0.25, 0.3) is 0 Å². The summed E-state index contributed by atoms with van der Waals surface area (Å²) in [4.78, 5) is 19.3. The highest BCUT2D eigenvalue weighted by Gasteiger charge is 2.00. The summed E-state index contributed by atoms with van der Waals surface area (Å²) in [7, 11) is 0. The van der Waals surface area contributed by atoms with Crippen molar-refractivity contribution in [2.45, 2.75) is 19.8 Å². The minimum absolute atomic E-state index is 0.291. The number of hydrogen-bond donors (Lipinski definition) is 0. The van der Waals surface area contributed by atoms with Gasteiger partial charge < -0.3 is 0 Å². The van der Waals surface area contributed by atoms with Gasteiger partial charge in [0.05, 0.1) is 13.1 Å². The standard InChI is InChI=1S/C6H12N2O2/c1-6(5-8-10)3-2-4-7-9/h6H,2-5H2,1H3. The Hall–Kier alpha value is -0.800. The van der Waals surface area contributed by atoms with E-state index in [4.69, 9.17) is 0 Å². The monoisotopic (exact) mass is 144 g/mol. The predicted octanol–water partition coefficient (Wildman–Crippen LogP) is 1.94. The van der Waals surface area contributed by atoms with Gasteiger partial charge in [-0.25, -0.2) is 0 Å². The molecule has 0 saturated heterocycles. The van der Waals surface area contributed by atoms with E-state index in [2.05, 4.69) is 10.4 Å². The minimum atomic E-state index is 0.291. The van der Waals surface area contributed by atoms with Gasteiger partial charge in [0.1, 0.15) is 0 Å². The van der Waals surface area contributed by atoms with Crippen LogP contribution in [0.15, 0.2) is 10.4 Å². The van der Waals surface area contributed by atoms with E-state index < -0.39 is 0 Å². The van der Waals surface area contributed by atoms with Crippen LogP contribution >= 0.6 is 0 Å². The van der Waals surface area contributed by atoms with Gasteiger partial charge in [-0.3, -0.25) is 0 Å². The molecular formula is C6H12N2O2. The normalized spacial score (nSPS) is 12.5. The molecule has 4 heteroatoms. The van der Waals surface area contributed by atoms with Gasteiger partial charge in [0, 0.05) is 0 Å². The van der Waals surface area contributed by atoms with E-state index in [-0.39, 0.29) is 0 Å². The zero-order valence-corrected chi connectivity index (χ0v) is 6.12. The van der Waals surface area contributed by atoms with Gasteiger partial charge in [0.25, 0.3) is 0 Å². The lowest BCUT2D eigenvalue weighted by atomic mass is 10.1. The lowest BCUT2D eigenvalue weighted by Gasteiger charge is -2.02. The molecule has 0 bridgehead atoms. The lowest BCUT2D eigenvalue weighted by molar-refractivity contribution is 0.524. The molecule has 0 aromatic rings. The van der Waals surface area contributed by atoms with Gasteiger partial charge in [-0.15, -0.1) is 0 Å². The van der Waals surface area contributed by atoms with Crippen LogP contribution in [0.1, 0.15) is 19.8 Å². The Morgan fingerprint density at radius 1 is 1.30 bits per heavy atom. The third-order valence-corrected chi connectivity index (χ3v) is 1.33. The van der Waals surface area contributed by atoms with Crippen molar-refractivity contribution >= 4 is 0 Å². The van der Waals surface area contributed by atoms with Gasteiger partial charge in [0.15, 0.2) is 0 Å². The van der Waals surface area contributed by atoms with Crippen molar-refractivity contribution < 1.29 is 0 Å². The first kappa shape index (κ1) is 9.20. The Kier molecular flexibility index (Phi) is 5.82. The second-order valence-corrected chi connectivity index (χ2v) is 2.41. The fraction of sp³-hybridized carbons (Fsp3) is 1.00. The van der Waals surface area contributed by atoms with Crippen molar-refractivity contribution in [3.05, 3.63) is 9.81 Å². The number of nitroso groups, excluding NO2 is 2. The van der Waals surface area contributed by atoms with Crippen LogP contribution in [0.2, 0.25) is 0 Å². The van der Waals surface area contributed by atoms with Gasteiger partial charge in [-0.05, 0) is 18.8 Å². The Bertz CT molecular complexity index is 106. The topological polar surface area (TPSA) is 58.9 Å². The van der Waals surface area contributed by atoms with Gasteiger partial charge in [0.2, 0.25) is 0 Å². The highest BCUT2D eigenvalue weighted by Crippen LogP contribution is 2.05. The summed E-state index contributed by atoms with van der Waals surface area (Å²) in [6.45, 7) is 2.63. The summed E-state index contributed by atoms with van der Waals surface area (Å²) in [6, 6.07) is 0. The average molecular weight is 144 g/mol. The number of rotatable bonds is 6. The number of hydrogen-bond acceptors (Lipinski definition) is 4. The molecule has 0 spiro atoms. The second kappa shape index (κ2) is 6.32. The molecule has 10 heavy (non-hydrogen) atoms. The first-order valence-corrected chi connectivity index (χ1v) is 3.39. The van der Waals surface area contributed by atoms with Crippen LogP contribution in [-0.2, 0) is 0 Å². The first-order valence-electron chi connectivity index (χ1n) is 3.39. The summed E-state index contributed by atoms with van der Waals surface area (Å²) >= 11 is 0. The van der Waals surface area contributed by atoms with Crippen molar-refractivity contribution in [2.24, 2.45) is 16.3 Å².